The number of hydrogen-bond donors (Lipinski definition) is 1. The maximum atomic E-state index is 11.8. The van der Waals surface area contributed by atoms with Crippen LogP contribution in [0.15, 0.2) is 6.20 Å². The van der Waals surface area contributed by atoms with Gasteiger partial charge in [0.05, 0.1) is 22.8 Å². The van der Waals surface area contributed by atoms with Crippen molar-refractivity contribution in [3.05, 3.63) is 17.7 Å². The molecule has 1 saturated heterocycles. The van der Waals surface area contributed by atoms with E-state index in [2.05, 4.69) is 4.98 Å². The molecule has 1 N–H and O–H groups in total. The Labute approximate surface area is 107 Å². The van der Waals surface area contributed by atoms with Crippen molar-refractivity contribution >= 4 is 9.84 Å². The SMILES string of the molecule is O=S1(=O)CCCC1Cc1cn2c(n1)CCC(O)C2. The lowest BCUT2D eigenvalue weighted by molar-refractivity contribution is 0.130. The number of aliphatic hydroxyl groups excluding tert-OH is 1. The van der Waals surface area contributed by atoms with Crippen molar-refractivity contribution in [2.24, 2.45) is 0 Å². The summed E-state index contributed by atoms with van der Waals surface area (Å²) in [6, 6.07) is 0. The van der Waals surface area contributed by atoms with Gasteiger partial charge in [0.25, 0.3) is 0 Å². The van der Waals surface area contributed by atoms with Gasteiger partial charge < -0.3 is 9.67 Å². The molecule has 0 aromatic carbocycles. The first-order valence-electron chi connectivity index (χ1n) is 6.49. The highest BCUT2D eigenvalue weighted by molar-refractivity contribution is 7.92. The van der Waals surface area contributed by atoms with Crippen molar-refractivity contribution < 1.29 is 13.5 Å². The molecule has 1 aromatic heterocycles. The summed E-state index contributed by atoms with van der Waals surface area (Å²) in [5.41, 5.74) is 0.856. The van der Waals surface area contributed by atoms with Gasteiger partial charge in [-0.1, -0.05) is 0 Å². The van der Waals surface area contributed by atoms with Crippen molar-refractivity contribution in [1.82, 2.24) is 9.55 Å². The van der Waals surface area contributed by atoms with Gasteiger partial charge in [-0.25, -0.2) is 13.4 Å². The Hall–Kier alpha value is -0.880. The second-order valence-electron chi connectivity index (χ2n) is 5.33. The van der Waals surface area contributed by atoms with Crippen LogP contribution in [-0.4, -0.2) is 40.2 Å². The molecule has 2 aliphatic heterocycles. The van der Waals surface area contributed by atoms with Gasteiger partial charge in [0.15, 0.2) is 9.84 Å². The average molecular weight is 270 g/mol. The van der Waals surface area contributed by atoms with E-state index in [4.69, 9.17) is 0 Å². The van der Waals surface area contributed by atoms with Crippen molar-refractivity contribution in [2.75, 3.05) is 5.75 Å². The van der Waals surface area contributed by atoms with Crippen molar-refractivity contribution in [3.8, 4) is 0 Å². The molecule has 2 aliphatic rings. The van der Waals surface area contributed by atoms with Crippen molar-refractivity contribution in [3.63, 3.8) is 0 Å². The highest BCUT2D eigenvalue weighted by Crippen LogP contribution is 2.24. The summed E-state index contributed by atoms with van der Waals surface area (Å²) in [5.74, 6) is 1.30. The summed E-state index contributed by atoms with van der Waals surface area (Å²) in [6.07, 6.45) is 5.20. The van der Waals surface area contributed by atoms with Crippen molar-refractivity contribution in [2.45, 2.75) is 50.0 Å². The van der Waals surface area contributed by atoms with Crippen molar-refractivity contribution in [1.29, 1.82) is 0 Å². The first-order valence-corrected chi connectivity index (χ1v) is 8.21. The Bertz CT molecular complexity index is 550. The topological polar surface area (TPSA) is 72.2 Å². The lowest BCUT2D eigenvalue weighted by Crippen LogP contribution is -2.23. The Morgan fingerprint density at radius 3 is 3.00 bits per heavy atom. The Morgan fingerprint density at radius 1 is 1.44 bits per heavy atom. The minimum atomic E-state index is -2.90. The largest absolute Gasteiger partial charge is 0.391 e. The molecule has 2 atom stereocenters. The zero-order chi connectivity index (χ0) is 12.8. The van der Waals surface area contributed by atoms with E-state index in [0.29, 0.717) is 18.7 Å². The first-order chi connectivity index (χ1) is 8.54. The van der Waals surface area contributed by atoms with Crippen LogP contribution >= 0.6 is 0 Å². The summed E-state index contributed by atoms with van der Waals surface area (Å²) >= 11 is 0. The molecule has 0 radical (unpaired) electrons. The highest BCUT2D eigenvalue weighted by atomic mass is 32.2. The zero-order valence-corrected chi connectivity index (χ0v) is 11.1. The molecule has 0 saturated carbocycles. The Kier molecular flexibility index (Phi) is 2.94. The Balaban J connectivity index is 1.78. The van der Waals surface area contributed by atoms with Gasteiger partial charge in [-0.2, -0.15) is 0 Å². The van der Waals surface area contributed by atoms with Crippen LogP contribution in [0.25, 0.3) is 0 Å². The van der Waals surface area contributed by atoms with E-state index in [-0.39, 0.29) is 11.4 Å². The molecule has 6 heteroatoms. The van der Waals surface area contributed by atoms with Crippen LogP contribution in [0.5, 0.6) is 0 Å². The maximum absolute atomic E-state index is 11.8. The second kappa shape index (κ2) is 4.35. The number of aliphatic hydroxyl groups is 1. The van der Waals surface area contributed by atoms with E-state index in [1.165, 1.54) is 0 Å². The lowest BCUT2D eigenvalue weighted by atomic mass is 10.1. The molecule has 18 heavy (non-hydrogen) atoms. The number of aryl methyl sites for hydroxylation is 1. The summed E-state index contributed by atoms with van der Waals surface area (Å²) in [4.78, 5) is 4.50. The fourth-order valence-electron chi connectivity index (χ4n) is 2.90. The van der Waals surface area contributed by atoms with Gasteiger partial charge in [0.1, 0.15) is 5.82 Å². The molecular weight excluding hydrogens is 252 g/mol. The van der Waals surface area contributed by atoms with E-state index in [0.717, 1.165) is 37.2 Å². The van der Waals surface area contributed by atoms with E-state index < -0.39 is 9.84 Å². The molecular formula is C12H18N2O3S. The van der Waals surface area contributed by atoms with Crippen LogP contribution in [0.4, 0.5) is 0 Å². The fraction of sp³-hybridized carbons (Fsp3) is 0.750. The van der Waals surface area contributed by atoms with E-state index in [1.54, 1.807) is 0 Å². The minimum Gasteiger partial charge on any atom is -0.391 e. The number of hydrogen-bond acceptors (Lipinski definition) is 4. The van der Waals surface area contributed by atoms with Gasteiger partial charge in [0.2, 0.25) is 0 Å². The maximum Gasteiger partial charge on any atom is 0.153 e. The van der Waals surface area contributed by atoms with Gasteiger partial charge in [-0.15, -0.1) is 0 Å². The minimum absolute atomic E-state index is 0.251. The van der Waals surface area contributed by atoms with E-state index in [9.17, 15) is 13.5 Å². The second-order valence-corrected chi connectivity index (χ2v) is 7.73. The molecule has 0 bridgehead atoms. The third-order valence-electron chi connectivity index (χ3n) is 3.92. The third kappa shape index (κ3) is 2.19. The smallest absolute Gasteiger partial charge is 0.153 e. The number of imidazole rings is 1. The predicted octanol–water partition coefficient (Wildman–Crippen LogP) is 0.310. The lowest BCUT2D eigenvalue weighted by Gasteiger charge is -2.18. The van der Waals surface area contributed by atoms with E-state index in [1.807, 2.05) is 10.8 Å². The molecule has 3 rings (SSSR count). The van der Waals surface area contributed by atoms with Crippen LogP contribution in [0, 0.1) is 0 Å². The molecule has 1 aromatic rings. The third-order valence-corrected chi connectivity index (χ3v) is 6.19. The van der Waals surface area contributed by atoms with Crippen LogP contribution in [0.1, 0.15) is 30.8 Å². The van der Waals surface area contributed by atoms with Gasteiger partial charge >= 0.3 is 0 Å². The number of aromatic nitrogens is 2. The molecule has 3 heterocycles. The van der Waals surface area contributed by atoms with Crippen LogP contribution < -0.4 is 0 Å². The summed E-state index contributed by atoms with van der Waals surface area (Å²) in [5, 5.41) is 9.34. The van der Waals surface area contributed by atoms with Gasteiger partial charge in [-0.05, 0) is 19.3 Å². The molecule has 1 fully saturated rings. The zero-order valence-electron chi connectivity index (χ0n) is 10.2. The molecule has 5 nitrogen and oxygen atoms in total. The van der Waals surface area contributed by atoms with E-state index >= 15 is 0 Å². The first kappa shape index (κ1) is 12.2. The number of nitrogens with zero attached hydrogens (tertiary/aromatic N) is 2. The quantitative estimate of drug-likeness (QED) is 0.839. The molecule has 0 aliphatic carbocycles. The fourth-order valence-corrected chi connectivity index (χ4v) is 4.76. The molecule has 0 spiro atoms. The van der Waals surface area contributed by atoms with Crippen LogP contribution in [-0.2, 0) is 29.2 Å². The highest BCUT2D eigenvalue weighted by Gasteiger charge is 2.32. The van der Waals surface area contributed by atoms with Crippen LogP contribution in [0.2, 0.25) is 0 Å². The molecule has 0 amide bonds. The van der Waals surface area contributed by atoms with Crippen LogP contribution in [0.3, 0.4) is 0 Å². The average Bonchev–Trinajstić information content (AvgIpc) is 2.82. The molecule has 2 unspecified atom stereocenters. The standard InChI is InChI=1S/C12H18N2O3S/c15-10-3-4-12-13-9(7-14(12)8-10)6-11-2-1-5-18(11,16)17/h7,10-11,15H,1-6,8H2. The summed E-state index contributed by atoms with van der Waals surface area (Å²) in [7, 11) is -2.90. The van der Waals surface area contributed by atoms with Gasteiger partial charge in [-0.3, -0.25) is 0 Å². The Morgan fingerprint density at radius 2 is 2.28 bits per heavy atom. The monoisotopic (exact) mass is 270 g/mol. The number of sulfone groups is 1. The predicted molar refractivity (Wildman–Crippen MR) is 67.1 cm³/mol. The normalized spacial score (nSPS) is 30.3. The summed E-state index contributed by atoms with van der Waals surface area (Å²) < 4.78 is 25.5. The molecule has 100 valence electrons. The number of rotatable bonds is 2. The number of fused-ring (bicyclic) bond motifs is 1. The van der Waals surface area contributed by atoms with Gasteiger partial charge in [0, 0.05) is 25.6 Å². The summed E-state index contributed by atoms with van der Waals surface area (Å²) in [6.45, 7) is 0.583.